The third-order valence-electron chi connectivity index (χ3n) is 2.83. The molecule has 0 fully saturated rings. The van der Waals surface area contributed by atoms with Crippen molar-refractivity contribution in [3.63, 3.8) is 0 Å². The molecular weight excluding hydrogens is 268 g/mol. The van der Waals surface area contributed by atoms with Crippen molar-refractivity contribution in [1.29, 1.82) is 0 Å². The molecule has 0 aliphatic carbocycles. The van der Waals surface area contributed by atoms with Crippen LogP contribution < -0.4 is 5.43 Å². The standard InChI is InChI=1S/C10H8N6O4/c17-5-1-2-6(7(18)3-5)8-9(16(19)20)13-14-10-11-4-12-15(8)10/h1-4,8,17-18H,(H,11,12,14). The molecule has 0 saturated heterocycles. The van der Waals surface area contributed by atoms with Crippen LogP contribution in [0.4, 0.5) is 5.95 Å². The summed E-state index contributed by atoms with van der Waals surface area (Å²) in [5.74, 6) is -0.677. The van der Waals surface area contributed by atoms with Gasteiger partial charge in [-0.1, -0.05) is 0 Å². The van der Waals surface area contributed by atoms with E-state index in [-0.39, 0.29) is 23.0 Å². The number of hydrazone groups is 1. The molecule has 102 valence electrons. The van der Waals surface area contributed by atoms with Crippen LogP contribution in [0, 0.1) is 10.1 Å². The fraction of sp³-hybridized carbons (Fsp3) is 0.100. The van der Waals surface area contributed by atoms with Crippen molar-refractivity contribution >= 4 is 11.8 Å². The van der Waals surface area contributed by atoms with E-state index in [4.69, 9.17) is 0 Å². The van der Waals surface area contributed by atoms with Crippen molar-refractivity contribution in [3.05, 3.63) is 40.2 Å². The molecule has 3 rings (SSSR count). The molecular formula is C10H8N6O4. The first-order valence-corrected chi connectivity index (χ1v) is 5.47. The van der Waals surface area contributed by atoms with Crippen molar-refractivity contribution < 1.29 is 15.1 Å². The minimum Gasteiger partial charge on any atom is -0.508 e. The molecule has 1 aromatic heterocycles. The van der Waals surface area contributed by atoms with E-state index in [0.29, 0.717) is 0 Å². The number of nitrogens with zero attached hydrogens (tertiary/aromatic N) is 5. The van der Waals surface area contributed by atoms with Crippen molar-refractivity contribution in [2.24, 2.45) is 5.10 Å². The molecule has 2 aromatic rings. The van der Waals surface area contributed by atoms with Gasteiger partial charge in [0.25, 0.3) is 5.95 Å². The lowest BCUT2D eigenvalue weighted by atomic mass is 10.0. The summed E-state index contributed by atoms with van der Waals surface area (Å²) < 4.78 is 1.23. The highest BCUT2D eigenvalue weighted by molar-refractivity contribution is 5.84. The fourth-order valence-corrected chi connectivity index (χ4v) is 1.97. The van der Waals surface area contributed by atoms with Gasteiger partial charge < -0.3 is 20.3 Å². The summed E-state index contributed by atoms with van der Waals surface area (Å²) in [7, 11) is 0. The molecule has 1 aliphatic rings. The van der Waals surface area contributed by atoms with E-state index in [1.54, 1.807) is 0 Å². The summed E-state index contributed by atoms with van der Waals surface area (Å²) in [4.78, 5) is 14.3. The lowest BCUT2D eigenvalue weighted by Gasteiger charge is -2.19. The number of amidine groups is 1. The maximum absolute atomic E-state index is 11.1. The number of rotatable bonds is 1. The molecule has 10 nitrogen and oxygen atoms in total. The largest absolute Gasteiger partial charge is 0.508 e. The van der Waals surface area contributed by atoms with Gasteiger partial charge in [-0.25, -0.2) is 4.68 Å². The van der Waals surface area contributed by atoms with E-state index in [1.165, 1.54) is 23.1 Å². The number of nitro groups is 1. The summed E-state index contributed by atoms with van der Waals surface area (Å²) in [6.45, 7) is 0. The molecule has 0 bridgehead atoms. The Hall–Kier alpha value is -3.17. The third kappa shape index (κ3) is 1.70. The second-order valence-corrected chi connectivity index (χ2v) is 4.01. The molecule has 1 aromatic carbocycles. The normalized spacial score (nSPS) is 17.0. The van der Waals surface area contributed by atoms with Gasteiger partial charge >= 0.3 is 5.84 Å². The quantitative estimate of drug-likeness (QED) is 0.502. The highest BCUT2D eigenvalue weighted by Gasteiger charge is 2.38. The van der Waals surface area contributed by atoms with E-state index in [1.807, 2.05) is 0 Å². The molecule has 0 radical (unpaired) electrons. The summed E-state index contributed by atoms with van der Waals surface area (Å²) in [5.41, 5.74) is 2.60. The summed E-state index contributed by atoms with van der Waals surface area (Å²) in [6, 6.07) is 2.73. The molecule has 20 heavy (non-hydrogen) atoms. The molecule has 1 aliphatic heterocycles. The van der Waals surface area contributed by atoms with Crippen LogP contribution in [0.25, 0.3) is 0 Å². The van der Waals surface area contributed by atoms with Crippen LogP contribution in [0.1, 0.15) is 11.6 Å². The van der Waals surface area contributed by atoms with Gasteiger partial charge in [0.1, 0.15) is 17.8 Å². The topological polar surface area (TPSA) is 139 Å². The molecule has 0 spiro atoms. The Morgan fingerprint density at radius 3 is 2.90 bits per heavy atom. The van der Waals surface area contributed by atoms with Crippen molar-refractivity contribution in [2.45, 2.75) is 6.04 Å². The number of phenolic OH excluding ortho intramolecular Hbond substituents is 2. The van der Waals surface area contributed by atoms with Crippen LogP contribution >= 0.6 is 0 Å². The number of hydrogen-bond donors (Lipinski definition) is 3. The minimum absolute atomic E-state index is 0.154. The second-order valence-electron chi connectivity index (χ2n) is 4.01. The van der Waals surface area contributed by atoms with Gasteiger partial charge in [-0.05, 0) is 17.1 Å². The molecule has 2 heterocycles. The van der Waals surface area contributed by atoms with E-state index >= 15 is 0 Å². The second kappa shape index (κ2) is 4.19. The van der Waals surface area contributed by atoms with E-state index in [2.05, 4.69) is 20.6 Å². The van der Waals surface area contributed by atoms with E-state index in [9.17, 15) is 20.3 Å². The zero-order valence-electron chi connectivity index (χ0n) is 9.83. The molecule has 1 unspecified atom stereocenters. The van der Waals surface area contributed by atoms with Crippen LogP contribution in [-0.4, -0.2) is 35.7 Å². The minimum atomic E-state index is -1.04. The van der Waals surface area contributed by atoms with Gasteiger partial charge in [-0.15, -0.1) is 5.43 Å². The molecule has 3 N–H and O–H groups in total. The van der Waals surface area contributed by atoms with Gasteiger partial charge in [0.2, 0.25) is 0 Å². The molecule has 10 heteroatoms. The number of benzene rings is 1. The SMILES string of the molecule is O=[N+]([O-])C1=NNc2ncnn2C1c1ccc(O)cc1O. The number of anilines is 1. The first-order valence-electron chi connectivity index (χ1n) is 5.47. The number of aromatic hydroxyl groups is 2. The predicted molar refractivity (Wildman–Crippen MR) is 66.0 cm³/mol. The maximum atomic E-state index is 11.1. The first-order chi connectivity index (χ1) is 9.58. The highest BCUT2D eigenvalue weighted by Crippen LogP contribution is 2.33. The Labute approximate surface area is 111 Å². The lowest BCUT2D eigenvalue weighted by Crippen LogP contribution is -2.33. The smallest absolute Gasteiger partial charge is 0.393 e. The zero-order chi connectivity index (χ0) is 14.3. The Morgan fingerprint density at radius 1 is 1.40 bits per heavy atom. The van der Waals surface area contributed by atoms with Crippen LogP contribution in [0.3, 0.4) is 0 Å². The van der Waals surface area contributed by atoms with Crippen LogP contribution in [0.15, 0.2) is 29.6 Å². The molecule has 0 amide bonds. The van der Waals surface area contributed by atoms with E-state index < -0.39 is 16.8 Å². The average molecular weight is 276 g/mol. The number of phenols is 2. The van der Waals surface area contributed by atoms with Gasteiger partial charge in [-0.2, -0.15) is 10.1 Å². The first kappa shape index (κ1) is 11.9. The Bertz CT molecular complexity index is 724. The Morgan fingerprint density at radius 2 is 2.20 bits per heavy atom. The van der Waals surface area contributed by atoms with Crippen LogP contribution in [-0.2, 0) is 0 Å². The molecule has 1 atom stereocenters. The van der Waals surface area contributed by atoms with Crippen LogP contribution in [0.5, 0.6) is 11.5 Å². The summed E-state index contributed by atoms with van der Waals surface area (Å²) >= 11 is 0. The fourth-order valence-electron chi connectivity index (χ4n) is 1.97. The maximum Gasteiger partial charge on any atom is 0.393 e. The Balaban J connectivity index is 2.19. The highest BCUT2D eigenvalue weighted by atomic mass is 16.6. The number of hydrogen-bond acceptors (Lipinski definition) is 8. The molecule has 0 saturated carbocycles. The average Bonchev–Trinajstić information content (AvgIpc) is 2.86. The van der Waals surface area contributed by atoms with Crippen molar-refractivity contribution in [2.75, 3.05) is 5.43 Å². The van der Waals surface area contributed by atoms with Crippen LogP contribution in [0.2, 0.25) is 0 Å². The monoisotopic (exact) mass is 276 g/mol. The van der Waals surface area contributed by atoms with Gasteiger partial charge in [0.05, 0.1) is 5.10 Å². The van der Waals surface area contributed by atoms with Crippen molar-refractivity contribution in [1.82, 2.24) is 14.8 Å². The number of nitrogens with one attached hydrogen (secondary N) is 1. The lowest BCUT2D eigenvalue weighted by molar-refractivity contribution is -0.355. The van der Waals surface area contributed by atoms with Gasteiger partial charge in [0.15, 0.2) is 6.04 Å². The van der Waals surface area contributed by atoms with E-state index in [0.717, 1.165) is 6.07 Å². The third-order valence-corrected chi connectivity index (χ3v) is 2.83. The number of aromatic nitrogens is 3. The van der Waals surface area contributed by atoms with Gasteiger partial charge in [-0.3, -0.25) is 0 Å². The summed E-state index contributed by atoms with van der Waals surface area (Å²) in [5, 5.41) is 37.8. The Kier molecular flexibility index (Phi) is 2.49. The van der Waals surface area contributed by atoms with Crippen molar-refractivity contribution in [3.8, 4) is 11.5 Å². The zero-order valence-corrected chi connectivity index (χ0v) is 9.83. The predicted octanol–water partition coefficient (Wildman–Crippen LogP) is 0.294. The summed E-state index contributed by atoms with van der Waals surface area (Å²) in [6.07, 6.45) is 1.21. The number of fused-ring (bicyclic) bond motifs is 1. The van der Waals surface area contributed by atoms with Gasteiger partial charge in [0, 0.05) is 11.6 Å².